The Labute approximate surface area is 141 Å². The summed E-state index contributed by atoms with van der Waals surface area (Å²) in [5.41, 5.74) is 10.00. The molecule has 0 aromatic rings. The van der Waals surface area contributed by atoms with E-state index in [1.54, 1.807) is 0 Å². The van der Waals surface area contributed by atoms with Crippen molar-refractivity contribution in [3.63, 3.8) is 0 Å². The van der Waals surface area contributed by atoms with E-state index in [1.165, 1.54) is 11.4 Å². The monoisotopic (exact) mass is 364 g/mol. The number of nitrogens with zero attached hydrogens (tertiary/aromatic N) is 2. The maximum absolute atomic E-state index is 12.7. The highest BCUT2D eigenvalue weighted by Gasteiger charge is 2.54. The second kappa shape index (κ2) is 6.86. The Balaban J connectivity index is 2.12. The minimum atomic E-state index is -3.84. The molecule has 10 nitrogen and oxygen atoms in total. The molecule has 0 bridgehead atoms. The van der Waals surface area contributed by atoms with E-state index in [0.717, 1.165) is 4.31 Å². The van der Waals surface area contributed by atoms with Gasteiger partial charge in [-0.2, -0.15) is 17.0 Å². The van der Waals surface area contributed by atoms with Crippen molar-refractivity contribution in [2.75, 3.05) is 20.1 Å². The van der Waals surface area contributed by atoms with Crippen molar-refractivity contribution < 1.29 is 28.4 Å². The zero-order valence-corrected chi connectivity index (χ0v) is 14.4. The average molecular weight is 364 g/mol. The maximum Gasteiger partial charge on any atom is 0.451 e. The van der Waals surface area contributed by atoms with E-state index in [0.29, 0.717) is 19.3 Å². The van der Waals surface area contributed by atoms with Gasteiger partial charge in [0.2, 0.25) is 0 Å². The van der Waals surface area contributed by atoms with Crippen LogP contribution in [-0.2, 0) is 15.0 Å². The van der Waals surface area contributed by atoms with Crippen molar-refractivity contribution in [2.24, 2.45) is 17.4 Å². The molecule has 0 amide bonds. The van der Waals surface area contributed by atoms with Crippen LogP contribution in [-0.4, -0.2) is 83.0 Å². The maximum atomic E-state index is 12.7. The average Bonchev–Trinajstić information content (AvgIpc) is 3.09. The van der Waals surface area contributed by atoms with Gasteiger partial charge >= 0.3 is 13.1 Å². The smallest absolute Gasteiger partial charge is 0.451 e. The third kappa shape index (κ3) is 3.74. The van der Waals surface area contributed by atoms with Gasteiger partial charge in [-0.25, -0.2) is 0 Å². The molecule has 4 atom stereocenters. The van der Waals surface area contributed by atoms with E-state index >= 15 is 0 Å². The molecule has 7 N–H and O–H groups in total. The van der Waals surface area contributed by atoms with Crippen LogP contribution in [0.3, 0.4) is 0 Å². The number of nitrogens with two attached hydrogens (primary N) is 2. The lowest BCUT2D eigenvalue weighted by Gasteiger charge is -2.26. The lowest BCUT2D eigenvalue weighted by atomic mass is 9.78. The van der Waals surface area contributed by atoms with Crippen molar-refractivity contribution in [3.8, 4) is 0 Å². The summed E-state index contributed by atoms with van der Waals surface area (Å²) in [7, 11) is -3.89. The Bertz CT molecular complexity index is 590. The van der Waals surface area contributed by atoms with E-state index in [2.05, 4.69) is 0 Å². The molecule has 1 aliphatic carbocycles. The number of carboxylic acid groups (broad SMARTS) is 1. The van der Waals surface area contributed by atoms with Gasteiger partial charge in [-0.3, -0.25) is 4.79 Å². The first-order valence-corrected chi connectivity index (χ1v) is 9.27. The second-order valence-electron chi connectivity index (χ2n) is 6.74. The van der Waals surface area contributed by atoms with Crippen molar-refractivity contribution in [1.29, 1.82) is 0 Å². The number of hydrogen-bond acceptors (Lipinski definition) is 7. The summed E-state index contributed by atoms with van der Waals surface area (Å²) in [6, 6.07) is -0.466. The molecule has 1 aliphatic heterocycles. The standard InChI is InChI=1S/C12H25BN4O6S/c1-16(10-5-9(10)14)24(22,23)17-6-8(3-2-4-13(20)21)12(15,7-17)11(18)19/h8-10,20-21H,2-7,14-15H2,1H3,(H,18,19)/t8-,9?,10?,12-/m0/s1. The van der Waals surface area contributed by atoms with Crippen LogP contribution in [0.1, 0.15) is 19.3 Å². The molecular weight excluding hydrogens is 339 g/mol. The molecular formula is C12H25BN4O6S. The SMILES string of the molecule is CN(C1CC1N)S(=O)(=O)N1C[C@H](CCCB(O)O)[C@](N)(C(=O)O)C1. The molecule has 138 valence electrons. The number of hydrogen-bond donors (Lipinski definition) is 5. The highest BCUT2D eigenvalue weighted by atomic mass is 32.2. The lowest BCUT2D eigenvalue weighted by Crippen LogP contribution is -2.55. The van der Waals surface area contributed by atoms with E-state index < -0.39 is 34.8 Å². The van der Waals surface area contributed by atoms with Gasteiger partial charge in [0.05, 0.1) is 0 Å². The predicted molar refractivity (Wildman–Crippen MR) is 86.9 cm³/mol. The third-order valence-corrected chi connectivity index (χ3v) is 6.89. The molecule has 1 saturated carbocycles. The van der Waals surface area contributed by atoms with E-state index in [-0.39, 0.29) is 31.5 Å². The van der Waals surface area contributed by atoms with Crippen molar-refractivity contribution >= 4 is 23.3 Å². The van der Waals surface area contributed by atoms with E-state index in [9.17, 15) is 18.3 Å². The Morgan fingerprint density at radius 1 is 1.46 bits per heavy atom. The quantitative estimate of drug-likeness (QED) is 0.288. The van der Waals surface area contributed by atoms with E-state index in [4.69, 9.17) is 21.5 Å². The number of carboxylic acids is 1. The van der Waals surface area contributed by atoms with Crippen LogP contribution < -0.4 is 11.5 Å². The van der Waals surface area contributed by atoms with E-state index in [1.807, 2.05) is 0 Å². The number of aliphatic carboxylic acids is 1. The summed E-state index contributed by atoms with van der Waals surface area (Å²) in [6.07, 6.45) is 1.29. The molecule has 0 radical (unpaired) electrons. The highest BCUT2D eigenvalue weighted by molar-refractivity contribution is 7.86. The topological polar surface area (TPSA) is 170 Å². The molecule has 2 rings (SSSR count). The molecule has 2 aliphatic rings. The largest absolute Gasteiger partial charge is 0.480 e. The van der Waals surface area contributed by atoms with Crippen LogP contribution in [0.5, 0.6) is 0 Å². The number of rotatable bonds is 8. The van der Waals surface area contributed by atoms with Crippen molar-refractivity contribution in [2.45, 2.75) is 43.2 Å². The van der Waals surface area contributed by atoms with Gasteiger partial charge in [-0.05, 0) is 19.2 Å². The Kier molecular flexibility index (Phi) is 5.60. The molecule has 24 heavy (non-hydrogen) atoms. The Hall–Kier alpha value is -0.755. The Morgan fingerprint density at radius 3 is 2.50 bits per heavy atom. The van der Waals surface area contributed by atoms with Crippen LogP contribution in [0.4, 0.5) is 0 Å². The summed E-state index contributed by atoms with van der Waals surface area (Å²) in [6.45, 7) is -0.331. The lowest BCUT2D eigenvalue weighted by molar-refractivity contribution is -0.144. The second-order valence-corrected chi connectivity index (χ2v) is 8.73. The van der Waals surface area contributed by atoms with Gasteiger partial charge in [0, 0.05) is 38.1 Å². The molecule has 1 heterocycles. The molecule has 0 spiro atoms. The normalized spacial score (nSPS) is 33.8. The van der Waals surface area contributed by atoms with Gasteiger partial charge < -0.3 is 26.6 Å². The van der Waals surface area contributed by atoms with Gasteiger partial charge in [0.1, 0.15) is 5.54 Å². The minimum Gasteiger partial charge on any atom is -0.480 e. The molecule has 2 fully saturated rings. The summed E-state index contributed by atoms with van der Waals surface area (Å²) in [4.78, 5) is 11.6. The predicted octanol–water partition coefficient (Wildman–Crippen LogP) is -2.77. The molecule has 0 aromatic carbocycles. The first kappa shape index (κ1) is 19.6. The van der Waals surface area contributed by atoms with Crippen molar-refractivity contribution in [3.05, 3.63) is 0 Å². The van der Waals surface area contributed by atoms with Crippen LogP contribution in [0.2, 0.25) is 6.32 Å². The molecule has 1 saturated heterocycles. The summed E-state index contributed by atoms with van der Waals surface area (Å²) < 4.78 is 27.6. The van der Waals surface area contributed by atoms with Crippen molar-refractivity contribution in [1.82, 2.24) is 8.61 Å². The number of likely N-dealkylation sites (N-methyl/N-ethyl adjacent to an activating group) is 1. The van der Waals surface area contributed by atoms with Gasteiger partial charge in [-0.1, -0.05) is 6.42 Å². The zero-order valence-electron chi connectivity index (χ0n) is 13.6. The van der Waals surface area contributed by atoms with Gasteiger partial charge in [-0.15, -0.1) is 0 Å². The first-order chi connectivity index (χ1) is 11.0. The van der Waals surface area contributed by atoms with Crippen LogP contribution in [0, 0.1) is 5.92 Å². The third-order valence-electron chi connectivity index (χ3n) is 4.97. The highest BCUT2D eigenvalue weighted by Crippen LogP contribution is 2.35. The van der Waals surface area contributed by atoms with Crippen LogP contribution in [0.25, 0.3) is 0 Å². The van der Waals surface area contributed by atoms with Gasteiger partial charge in [0.15, 0.2) is 0 Å². The summed E-state index contributed by atoms with van der Waals surface area (Å²) in [5, 5.41) is 27.2. The fraction of sp³-hybridized carbons (Fsp3) is 0.917. The Morgan fingerprint density at radius 2 is 2.04 bits per heavy atom. The van der Waals surface area contributed by atoms with Gasteiger partial charge in [0.25, 0.3) is 10.2 Å². The van der Waals surface area contributed by atoms with Crippen LogP contribution >= 0.6 is 0 Å². The number of carbonyl (C=O) groups is 1. The summed E-state index contributed by atoms with van der Waals surface area (Å²) in [5.74, 6) is -1.87. The molecule has 12 heteroatoms. The minimum absolute atomic E-state index is 0.0149. The van der Waals surface area contributed by atoms with Crippen LogP contribution in [0.15, 0.2) is 0 Å². The molecule has 0 aromatic heterocycles. The molecule has 2 unspecified atom stereocenters. The summed E-state index contributed by atoms with van der Waals surface area (Å²) >= 11 is 0. The fourth-order valence-electron chi connectivity index (χ4n) is 3.18. The fourth-order valence-corrected chi connectivity index (χ4v) is 4.87. The first-order valence-electron chi connectivity index (χ1n) is 7.87. The zero-order chi connectivity index (χ0) is 18.3.